The Morgan fingerprint density at radius 1 is 0.821 bits per heavy atom. The van der Waals surface area contributed by atoms with Gasteiger partial charge < -0.3 is 63.6 Å². The van der Waals surface area contributed by atoms with Crippen molar-refractivity contribution in [2.75, 3.05) is 58.4 Å². The number of methoxy groups -OCH3 is 2. The van der Waals surface area contributed by atoms with Crippen molar-refractivity contribution in [2.24, 2.45) is 29.6 Å². The number of halogens is 1. The first kappa shape index (κ1) is 60.9. The summed E-state index contributed by atoms with van der Waals surface area (Å²) in [5, 5.41) is 37.7. The first-order valence-electron chi connectivity index (χ1n) is 28.6. The van der Waals surface area contributed by atoms with Gasteiger partial charge in [-0.3, -0.25) is 38.4 Å². The van der Waals surface area contributed by atoms with E-state index in [0.717, 1.165) is 25.2 Å². The van der Waals surface area contributed by atoms with Crippen LogP contribution in [-0.2, 0) is 28.6 Å². The lowest BCUT2D eigenvalue weighted by Gasteiger charge is -2.41. The fourth-order valence-corrected chi connectivity index (χ4v) is 12.6. The average molecular weight is 1160 g/mol. The number of phenolic OH excluding ortho intramolecular Hbond substituents is 1. The summed E-state index contributed by atoms with van der Waals surface area (Å²) >= 11 is 0. The molecule has 7 aliphatic rings. The number of ketones is 4. The predicted molar refractivity (Wildman–Crippen MR) is 304 cm³/mol. The summed E-state index contributed by atoms with van der Waals surface area (Å²) in [4.78, 5) is 117. The number of anilines is 1. The number of fused-ring (bicyclic) bond motifs is 15. The molecular formula is C62H74FN5O16. The van der Waals surface area contributed by atoms with Gasteiger partial charge in [0.15, 0.2) is 22.8 Å². The first-order valence-corrected chi connectivity index (χ1v) is 28.6. The molecule has 22 heteroatoms. The first-order chi connectivity index (χ1) is 39.8. The van der Waals surface area contributed by atoms with Gasteiger partial charge in [0.05, 0.1) is 64.8 Å². The Morgan fingerprint density at radius 3 is 2.10 bits per heavy atom. The Bertz CT molecular complexity index is 3440. The number of hydrogen-bond donors (Lipinski definition) is 4. The highest BCUT2D eigenvalue weighted by Gasteiger charge is 2.54. The van der Waals surface area contributed by atoms with Crippen molar-refractivity contribution in [3.05, 3.63) is 104 Å². The summed E-state index contributed by atoms with van der Waals surface area (Å²) in [7, 11) is 2.81. The summed E-state index contributed by atoms with van der Waals surface area (Å²) in [5.41, 5.74) is -2.16. The lowest BCUT2D eigenvalue weighted by molar-refractivity contribution is -0.160. The number of nitrogens with zero attached hydrogens (tertiary/aromatic N) is 4. The number of Topliss-reactive ketones (excluding diaryl/α,β-unsaturated/α-hetero) is 4. The zero-order chi connectivity index (χ0) is 61.1. The monoisotopic (exact) mass is 1160 g/mol. The van der Waals surface area contributed by atoms with Gasteiger partial charge >= 0.3 is 11.8 Å². The number of nitrogens with one attached hydrogen (secondary N) is 1. The number of carbonyl (C=O) groups is 7. The molecule has 0 spiro atoms. The smallest absolute Gasteiger partial charge is 0.312 e. The number of piperidine rings is 1. The zero-order valence-electron chi connectivity index (χ0n) is 49.2. The van der Waals surface area contributed by atoms with Gasteiger partial charge in [0.25, 0.3) is 11.7 Å². The number of piperazine rings is 1. The summed E-state index contributed by atoms with van der Waals surface area (Å²) in [6.45, 7) is 14.4. The van der Waals surface area contributed by atoms with Crippen LogP contribution in [0.5, 0.6) is 17.2 Å². The number of aromatic hydroxyl groups is 1. The normalized spacial score (nSPS) is 28.8. The van der Waals surface area contributed by atoms with E-state index in [2.05, 4.69) is 5.32 Å². The van der Waals surface area contributed by atoms with Gasteiger partial charge in [-0.15, -0.1) is 0 Å². The maximum absolute atomic E-state index is 16.3. The van der Waals surface area contributed by atoms with Crippen LogP contribution in [0.3, 0.4) is 0 Å². The molecule has 2 aliphatic carbocycles. The number of likely N-dealkylation sites (tertiary alicyclic amines) is 1. The van der Waals surface area contributed by atoms with Crippen LogP contribution in [0.25, 0.3) is 10.9 Å². The quantitative estimate of drug-likeness (QED) is 0.148. The number of aliphatic hydroxyl groups is 2. The van der Waals surface area contributed by atoms with Crippen molar-refractivity contribution in [3.8, 4) is 17.2 Å². The van der Waals surface area contributed by atoms with Gasteiger partial charge in [-0.1, -0.05) is 45.9 Å². The number of esters is 1. The maximum atomic E-state index is 16.3. The Morgan fingerprint density at radius 2 is 1.49 bits per heavy atom. The number of amides is 2. The van der Waals surface area contributed by atoms with Crippen LogP contribution < -0.4 is 25.1 Å². The van der Waals surface area contributed by atoms with E-state index >= 15 is 14.0 Å². The zero-order valence-corrected chi connectivity index (χ0v) is 49.2. The molecule has 450 valence electrons. The van der Waals surface area contributed by atoms with Gasteiger partial charge in [0, 0.05) is 113 Å². The van der Waals surface area contributed by atoms with Crippen molar-refractivity contribution < 1.29 is 77.0 Å². The fourth-order valence-electron chi connectivity index (χ4n) is 12.6. The largest absolute Gasteiger partial charge is 0.507 e. The molecule has 9 atom stereocenters. The molecule has 2 saturated heterocycles. The number of rotatable bonds is 8. The van der Waals surface area contributed by atoms with E-state index < -0.39 is 129 Å². The van der Waals surface area contributed by atoms with E-state index in [1.165, 1.54) is 73.3 Å². The summed E-state index contributed by atoms with van der Waals surface area (Å²) in [6, 6.07) is 1.16. The number of aliphatic hydroxyl groups excluding tert-OH is 2. The van der Waals surface area contributed by atoms with Crippen molar-refractivity contribution in [2.45, 2.75) is 124 Å². The number of phenols is 1. The van der Waals surface area contributed by atoms with E-state index in [-0.39, 0.29) is 115 Å². The number of carbonyl (C=O) groups excluding carboxylic acids is 7. The van der Waals surface area contributed by atoms with Crippen LogP contribution in [0.2, 0.25) is 0 Å². The highest BCUT2D eigenvalue weighted by molar-refractivity contribution is 6.32. The minimum atomic E-state index is -2.18. The molecule has 2 aromatic carbocycles. The third-order valence-electron chi connectivity index (χ3n) is 17.7. The van der Waals surface area contributed by atoms with Crippen molar-refractivity contribution in [1.29, 1.82) is 0 Å². The van der Waals surface area contributed by atoms with E-state index in [1.54, 1.807) is 48.5 Å². The molecule has 21 nitrogen and oxygen atoms in total. The van der Waals surface area contributed by atoms with Crippen LogP contribution >= 0.6 is 0 Å². The van der Waals surface area contributed by atoms with Gasteiger partial charge in [-0.2, -0.15) is 0 Å². The third kappa shape index (κ3) is 10.9. The van der Waals surface area contributed by atoms with E-state index in [0.29, 0.717) is 5.52 Å². The summed E-state index contributed by atoms with van der Waals surface area (Å²) in [6.07, 6.45) is 6.60. The molecule has 10 rings (SSSR count). The third-order valence-corrected chi connectivity index (χ3v) is 17.7. The molecular weight excluding hydrogens is 1090 g/mol. The van der Waals surface area contributed by atoms with Crippen LogP contribution in [0.4, 0.5) is 10.1 Å². The van der Waals surface area contributed by atoms with Crippen LogP contribution in [0, 0.1) is 42.3 Å². The van der Waals surface area contributed by atoms with Gasteiger partial charge in [-0.25, -0.2) is 4.39 Å². The molecule has 84 heavy (non-hydrogen) atoms. The lowest BCUT2D eigenvalue weighted by atomic mass is 9.78. The molecule has 1 aromatic heterocycles. The SMILES string of the molecule is COc1c(N2CCN(C(=O)C3CCN(C4=C5NC(=O)/C(C)=C\C=C\[C@H](C)[C@H](O)[C@@H](C)[C@@H](O)[C@@H](C)[C@H](OC(C)=O)[C@H](C)[C@@H](OC)/C=C/O[C@@]6(C)Oc7c(C)c(O)c(c(c7C6=O)C4=O)C5=O)CC3)CC2)c(F)cc2c(=O)c(C(C)=O)cn(C3CC3)c12. The minimum Gasteiger partial charge on any atom is -0.507 e. The summed E-state index contributed by atoms with van der Waals surface area (Å²) < 4.78 is 47.8. The minimum absolute atomic E-state index is 0.0107. The molecule has 3 fully saturated rings. The van der Waals surface area contributed by atoms with E-state index in [9.17, 15) is 44.1 Å². The lowest BCUT2D eigenvalue weighted by Crippen LogP contribution is -2.52. The number of pyridine rings is 1. The predicted octanol–water partition coefficient (Wildman–Crippen LogP) is 6.02. The summed E-state index contributed by atoms with van der Waals surface area (Å²) in [5.74, 6) is -11.7. The van der Waals surface area contributed by atoms with Gasteiger partial charge in [0.2, 0.25) is 17.5 Å². The molecule has 2 amide bonds. The maximum Gasteiger partial charge on any atom is 0.312 e. The van der Waals surface area contributed by atoms with Gasteiger partial charge in [0.1, 0.15) is 34.7 Å². The Hall–Kier alpha value is -7.69. The van der Waals surface area contributed by atoms with E-state index in [4.69, 9.17) is 23.7 Å². The highest BCUT2D eigenvalue weighted by atomic mass is 19.1. The number of allylic oxidation sites excluding steroid dienone is 4. The van der Waals surface area contributed by atoms with Crippen LogP contribution in [-0.4, -0.2) is 154 Å². The van der Waals surface area contributed by atoms with E-state index in [1.807, 2.05) is 4.57 Å². The second-order valence-electron chi connectivity index (χ2n) is 23.3. The molecule has 5 bridgehead atoms. The molecule has 4 N–H and O–H groups in total. The van der Waals surface area contributed by atoms with Gasteiger partial charge in [-0.05, 0) is 58.6 Å². The number of hydrogen-bond acceptors (Lipinski definition) is 18. The van der Waals surface area contributed by atoms with Crippen LogP contribution in [0.1, 0.15) is 134 Å². The average Bonchev–Trinajstić information content (AvgIpc) is 1.51. The Kier molecular flexibility index (Phi) is 17.2. The number of ether oxygens (including phenoxy) is 5. The standard InChI is InChI=1S/C62H74FN5O16/c1-29-13-12-14-30(2)60(78)64-46-49(65-20-17-37(18-21-65)61(79)67-24-22-66(23-25-67)48-41(63)27-39-47(58(48)81-11)68(38-15-16-38)28-40(35(7)69)53(39)74)55(76)43-44(54(46)75)52(73)34(6)57-45(43)59(77)62(9,84-57)82-26-19-42(80-10)31(3)56(83-36(8)70)33(5)51(72)32(4)50(29)71/h12-14,19,26-29,31-33,37-38,42,50-51,56,71-73H,15-18,20-25H2,1-11H3,(H,64,78)/b13-12+,26-19+,30-14-/t29-,31+,32+,33+,42-,50-,51+,56+,62-/m0/s1. The molecule has 0 radical (unpaired) electrons. The molecule has 1 saturated carbocycles. The molecule has 3 aromatic rings. The number of benzene rings is 2. The fraction of sp³-hybridized carbons (Fsp3) is 0.516. The topological polar surface area (TPSA) is 270 Å². The Labute approximate surface area is 485 Å². The molecule has 6 heterocycles. The van der Waals surface area contributed by atoms with Crippen molar-refractivity contribution >= 4 is 57.5 Å². The van der Waals surface area contributed by atoms with Crippen LogP contribution in [0.15, 0.2) is 64.6 Å². The van der Waals surface area contributed by atoms with Crippen molar-refractivity contribution in [3.63, 3.8) is 0 Å². The highest BCUT2D eigenvalue weighted by Crippen LogP contribution is 2.50. The Balaban J connectivity index is 1.01. The number of aromatic nitrogens is 1. The molecule has 5 aliphatic heterocycles. The second-order valence-corrected chi connectivity index (χ2v) is 23.3. The molecule has 0 unspecified atom stereocenters. The van der Waals surface area contributed by atoms with Crippen molar-refractivity contribution in [1.82, 2.24) is 19.7 Å². The second kappa shape index (κ2) is 23.8.